The standard InChI is InChI=1S/C10H10N/c1-2-8-7-11-10-6-4-3-5-9(8)10/h3-4,6-7,11H,2H2,1H3. The Bertz CT molecular complexity index is 360. The Morgan fingerprint density at radius 2 is 2.45 bits per heavy atom. The van der Waals surface area contributed by atoms with Gasteiger partial charge in [0.2, 0.25) is 0 Å². The largest absolute Gasteiger partial charge is 0.361 e. The van der Waals surface area contributed by atoms with Crippen LogP contribution in [0.25, 0.3) is 10.9 Å². The Morgan fingerprint density at radius 3 is 3.27 bits per heavy atom. The van der Waals surface area contributed by atoms with E-state index in [4.69, 9.17) is 0 Å². The fourth-order valence-corrected chi connectivity index (χ4v) is 1.34. The van der Waals surface area contributed by atoms with E-state index < -0.39 is 0 Å². The van der Waals surface area contributed by atoms with Crippen LogP contribution in [0.2, 0.25) is 0 Å². The van der Waals surface area contributed by atoms with Crippen molar-refractivity contribution in [2.45, 2.75) is 13.3 Å². The van der Waals surface area contributed by atoms with Gasteiger partial charge in [0.25, 0.3) is 0 Å². The van der Waals surface area contributed by atoms with Crippen molar-refractivity contribution in [3.63, 3.8) is 0 Å². The number of hydrogen-bond donors (Lipinski definition) is 1. The van der Waals surface area contributed by atoms with Gasteiger partial charge >= 0.3 is 0 Å². The molecule has 1 heteroatoms. The van der Waals surface area contributed by atoms with Crippen LogP contribution in [0.5, 0.6) is 0 Å². The maximum atomic E-state index is 3.22. The molecule has 0 spiro atoms. The molecule has 1 aromatic carbocycles. The van der Waals surface area contributed by atoms with Crippen LogP contribution in [-0.2, 0) is 6.42 Å². The van der Waals surface area contributed by atoms with Crippen LogP contribution >= 0.6 is 0 Å². The topological polar surface area (TPSA) is 15.8 Å². The van der Waals surface area contributed by atoms with Crippen LogP contribution in [-0.4, -0.2) is 4.98 Å². The van der Waals surface area contributed by atoms with Crippen molar-refractivity contribution in [3.05, 3.63) is 36.0 Å². The predicted octanol–water partition coefficient (Wildman–Crippen LogP) is 2.53. The van der Waals surface area contributed by atoms with Gasteiger partial charge in [-0.15, -0.1) is 0 Å². The van der Waals surface area contributed by atoms with Crippen molar-refractivity contribution < 1.29 is 0 Å². The molecule has 0 atom stereocenters. The van der Waals surface area contributed by atoms with Gasteiger partial charge in [-0.25, -0.2) is 0 Å². The lowest BCUT2D eigenvalue weighted by atomic mass is 10.1. The van der Waals surface area contributed by atoms with Gasteiger partial charge in [0.05, 0.1) is 0 Å². The molecular weight excluding hydrogens is 134 g/mol. The molecule has 55 valence electrons. The van der Waals surface area contributed by atoms with Crippen LogP contribution < -0.4 is 0 Å². The lowest BCUT2D eigenvalue weighted by Gasteiger charge is -1.89. The van der Waals surface area contributed by atoms with Crippen LogP contribution in [0.15, 0.2) is 24.4 Å². The van der Waals surface area contributed by atoms with Gasteiger partial charge < -0.3 is 4.98 Å². The molecule has 0 saturated carbocycles. The summed E-state index contributed by atoms with van der Waals surface area (Å²) in [6.45, 7) is 2.16. The predicted molar refractivity (Wildman–Crippen MR) is 46.5 cm³/mol. The molecule has 0 bridgehead atoms. The third-order valence-electron chi connectivity index (χ3n) is 1.96. The first-order valence-corrected chi connectivity index (χ1v) is 3.88. The first kappa shape index (κ1) is 6.47. The van der Waals surface area contributed by atoms with Gasteiger partial charge in [0.15, 0.2) is 0 Å². The van der Waals surface area contributed by atoms with Crippen LogP contribution in [0.3, 0.4) is 0 Å². The zero-order valence-corrected chi connectivity index (χ0v) is 6.52. The minimum atomic E-state index is 1.07. The number of aromatic nitrogens is 1. The van der Waals surface area contributed by atoms with Gasteiger partial charge in [0, 0.05) is 17.1 Å². The maximum Gasteiger partial charge on any atom is 0.0463 e. The number of hydrogen-bond acceptors (Lipinski definition) is 0. The Hall–Kier alpha value is -1.24. The fraction of sp³-hybridized carbons (Fsp3) is 0.200. The highest BCUT2D eigenvalue weighted by atomic mass is 14.7. The first-order chi connectivity index (χ1) is 5.42. The number of H-pyrrole nitrogens is 1. The summed E-state index contributed by atoms with van der Waals surface area (Å²) in [5, 5.41) is 1.23. The van der Waals surface area contributed by atoms with Gasteiger partial charge in [-0.05, 0) is 24.1 Å². The molecule has 1 radical (unpaired) electrons. The van der Waals surface area contributed by atoms with Gasteiger partial charge in [-0.2, -0.15) is 0 Å². The summed E-state index contributed by atoms with van der Waals surface area (Å²) in [5.41, 5.74) is 2.53. The quantitative estimate of drug-likeness (QED) is 0.633. The second kappa shape index (κ2) is 2.42. The molecule has 0 aliphatic rings. The van der Waals surface area contributed by atoms with Crippen molar-refractivity contribution in [1.82, 2.24) is 4.98 Å². The number of nitrogens with one attached hydrogen (secondary N) is 1. The highest BCUT2D eigenvalue weighted by molar-refractivity contribution is 5.82. The van der Waals surface area contributed by atoms with Crippen molar-refractivity contribution in [1.29, 1.82) is 0 Å². The van der Waals surface area contributed by atoms with Crippen molar-refractivity contribution >= 4 is 10.9 Å². The fourth-order valence-electron chi connectivity index (χ4n) is 1.34. The zero-order valence-electron chi connectivity index (χ0n) is 6.52. The van der Waals surface area contributed by atoms with E-state index in [0.29, 0.717) is 0 Å². The lowest BCUT2D eigenvalue weighted by Crippen LogP contribution is -1.73. The molecule has 1 N–H and O–H groups in total. The minimum absolute atomic E-state index is 1.07. The summed E-state index contributed by atoms with van der Waals surface area (Å²) in [7, 11) is 0. The van der Waals surface area contributed by atoms with E-state index in [9.17, 15) is 0 Å². The van der Waals surface area contributed by atoms with E-state index in [-0.39, 0.29) is 0 Å². The average Bonchev–Trinajstić information content (AvgIpc) is 2.47. The summed E-state index contributed by atoms with van der Waals surface area (Å²) in [4.78, 5) is 3.21. The minimum Gasteiger partial charge on any atom is -0.361 e. The molecule has 0 aliphatic carbocycles. The molecule has 1 nitrogen and oxygen atoms in total. The molecule has 2 rings (SSSR count). The number of fused-ring (bicyclic) bond motifs is 1. The van der Waals surface area contributed by atoms with E-state index in [1.807, 2.05) is 12.1 Å². The highest BCUT2D eigenvalue weighted by Crippen LogP contribution is 2.16. The second-order valence-electron chi connectivity index (χ2n) is 2.63. The number of rotatable bonds is 1. The lowest BCUT2D eigenvalue weighted by molar-refractivity contribution is 1.15. The van der Waals surface area contributed by atoms with Crippen molar-refractivity contribution in [2.75, 3.05) is 0 Å². The number of benzene rings is 1. The number of aromatic amines is 1. The van der Waals surface area contributed by atoms with Crippen molar-refractivity contribution in [3.8, 4) is 0 Å². The molecule has 0 fully saturated rings. The Labute approximate surface area is 66.1 Å². The highest BCUT2D eigenvalue weighted by Gasteiger charge is 1.98. The Balaban J connectivity index is 2.76. The molecular formula is C10H10N. The van der Waals surface area contributed by atoms with Gasteiger partial charge in [-0.3, -0.25) is 0 Å². The van der Waals surface area contributed by atoms with Crippen LogP contribution in [0.1, 0.15) is 12.5 Å². The molecule has 0 saturated heterocycles. The Morgan fingerprint density at radius 1 is 1.55 bits per heavy atom. The monoisotopic (exact) mass is 144 g/mol. The average molecular weight is 144 g/mol. The molecule has 1 aromatic heterocycles. The van der Waals surface area contributed by atoms with E-state index in [0.717, 1.165) is 6.42 Å². The van der Waals surface area contributed by atoms with Crippen LogP contribution in [0.4, 0.5) is 0 Å². The van der Waals surface area contributed by atoms with Crippen molar-refractivity contribution in [2.24, 2.45) is 0 Å². The molecule has 0 amide bonds. The molecule has 0 aliphatic heterocycles. The Kier molecular flexibility index (Phi) is 1.42. The SMILES string of the molecule is CCc1c[nH]c2ccc[c]c12. The summed E-state index contributed by atoms with van der Waals surface area (Å²) >= 11 is 0. The van der Waals surface area contributed by atoms with E-state index >= 15 is 0 Å². The summed E-state index contributed by atoms with van der Waals surface area (Å²) in [6, 6.07) is 9.25. The third kappa shape index (κ3) is 0.929. The van der Waals surface area contributed by atoms with E-state index in [1.54, 1.807) is 0 Å². The van der Waals surface area contributed by atoms with E-state index in [2.05, 4.69) is 30.2 Å². The summed E-state index contributed by atoms with van der Waals surface area (Å²) < 4.78 is 0. The second-order valence-corrected chi connectivity index (χ2v) is 2.63. The smallest absolute Gasteiger partial charge is 0.0463 e. The third-order valence-corrected chi connectivity index (χ3v) is 1.96. The molecule has 2 aromatic rings. The zero-order chi connectivity index (χ0) is 7.68. The van der Waals surface area contributed by atoms with E-state index in [1.165, 1.54) is 16.5 Å². The van der Waals surface area contributed by atoms with Gasteiger partial charge in [0.1, 0.15) is 0 Å². The molecule has 1 heterocycles. The normalized spacial score (nSPS) is 10.6. The molecule has 0 unspecified atom stereocenters. The number of aryl methyl sites for hydroxylation is 1. The summed E-state index contributed by atoms with van der Waals surface area (Å²) in [6.07, 6.45) is 3.13. The summed E-state index contributed by atoms with van der Waals surface area (Å²) in [5.74, 6) is 0. The van der Waals surface area contributed by atoms with Crippen LogP contribution in [0, 0.1) is 6.07 Å². The first-order valence-electron chi connectivity index (χ1n) is 3.88. The maximum absolute atomic E-state index is 3.22. The molecule has 11 heavy (non-hydrogen) atoms. The van der Waals surface area contributed by atoms with Gasteiger partial charge in [-0.1, -0.05) is 19.1 Å².